The predicted molar refractivity (Wildman–Crippen MR) is 110 cm³/mol. The second-order valence-electron chi connectivity index (χ2n) is 7.22. The lowest BCUT2D eigenvalue weighted by Gasteiger charge is -2.31. The minimum Gasteiger partial charge on any atom is -0.355 e. The number of nitrogens with zero attached hydrogens (tertiary/aromatic N) is 2. The van der Waals surface area contributed by atoms with Crippen molar-refractivity contribution in [2.75, 3.05) is 27.7 Å². The zero-order chi connectivity index (χ0) is 18.6. The Morgan fingerprint density at radius 1 is 1.23 bits per heavy atom. The number of guanidine groups is 1. The Morgan fingerprint density at radius 3 is 2.65 bits per heavy atom. The summed E-state index contributed by atoms with van der Waals surface area (Å²) in [5.41, 5.74) is 0.976. The molecule has 1 aromatic carbocycles. The van der Waals surface area contributed by atoms with Crippen molar-refractivity contribution in [1.82, 2.24) is 15.5 Å². The highest BCUT2D eigenvalue weighted by molar-refractivity contribution is 7.17. The maximum atomic E-state index is 12.7. The Labute approximate surface area is 159 Å². The van der Waals surface area contributed by atoms with Crippen molar-refractivity contribution < 1.29 is 4.79 Å². The van der Waals surface area contributed by atoms with E-state index in [1.54, 1.807) is 23.3 Å². The van der Waals surface area contributed by atoms with Gasteiger partial charge in [-0.05, 0) is 35.2 Å². The summed E-state index contributed by atoms with van der Waals surface area (Å²) in [5, 5.41) is 10.3. The standard InChI is InChI=1S/C20H28N4OS/c1-21-19(22-12-15-13-26-17-9-5-4-8-16(15)17)23-14-20(10-6-7-11-20)18(25)24(2)3/h4-5,8-9,13H,6-7,10-12,14H2,1-3H3,(H2,21,22,23). The lowest BCUT2D eigenvalue weighted by molar-refractivity contribution is -0.138. The first kappa shape index (κ1) is 18.7. The SMILES string of the molecule is CN=C(NCc1csc2ccccc12)NCC1(C(=O)N(C)C)CCCC1. The molecule has 1 saturated carbocycles. The van der Waals surface area contributed by atoms with Crippen LogP contribution >= 0.6 is 11.3 Å². The molecule has 26 heavy (non-hydrogen) atoms. The van der Waals surface area contributed by atoms with Gasteiger partial charge in [-0.2, -0.15) is 0 Å². The number of amides is 1. The van der Waals surface area contributed by atoms with Crippen LogP contribution in [0.3, 0.4) is 0 Å². The van der Waals surface area contributed by atoms with E-state index in [4.69, 9.17) is 0 Å². The van der Waals surface area contributed by atoms with Gasteiger partial charge >= 0.3 is 0 Å². The van der Waals surface area contributed by atoms with Crippen LogP contribution in [0.15, 0.2) is 34.6 Å². The minimum atomic E-state index is -0.295. The number of carbonyl (C=O) groups excluding carboxylic acids is 1. The van der Waals surface area contributed by atoms with Crippen molar-refractivity contribution in [3.63, 3.8) is 0 Å². The summed E-state index contributed by atoms with van der Waals surface area (Å²) in [4.78, 5) is 18.7. The Hall–Kier alpha value is -2.08. The number of carbonyl (C=O) groups is 1. The van der Waals surface area contributed by atoms with Crippen molar-refractivity contribution in [2.24, 2.45) is 10.4 Å². The van der Waals surface area contributed by atoms with Crippen LogP contribution in [-0.4, -0.2) is 44.5 Å². The molecule has 0 saturated heterocycles. The molecule has 0 radical (unpaired) electrons. The zero-order valence-corrected chi connectivity index (χ0v) is 16.7. The Morgan fingerprint density at radius 2 is 1.96 bits per heavy atom. The summed E-state index contributed by atoms with van der Waals surface area (Å²) in [5.74, 6) is 0.972. The average Bonchev–Trinajstić information content (AvgIpc) is 3.29. The fraction of sp³-hybridized carbons (Fsp3) is 0.500. The first-order valence-electron chi connectivity index (χ1n) is 9.17. The first-order valence-corrected chi connectivity index (χ1v) is 10.0. The summed E-state index contributed by atoms with van der Waals surface area (Å²) >= 11 is 1.76. The number of aliphatic imine (C=N–C) groups is 1. The van der Waals surface area contributed by atoms with Crippen molar-refractivity contribution in [3.05, 3.63) is 35.2 Å². The summed E-state index contributed by atoms with van der Waals surface area (Å²) in [6.07, 6.45) is 4.13. The fourth-order valence-corrected chi connectivity index (χ4v) is 4.78. The molecule has 0 spiro atoms. The summed E-state index contributed by atoms with van der Waals surface area (Å²) < 4.78 is 1.30. The van der Waals surface area contributed by atoms with Crippen LogP contribution < -0.4 is 10.6 Å². The molecular weight excluding hydrogens is 344 g/mol. The molecule has 1 aliphatic carbocycles. The molecule has 0 bridgehead atoms. The fourth-order valence-electron chi connectivity index (χ4n) is 3.81. The third kappa shape index (κ3) is 3.85. The lowest BCUT2D eigenvalue weighted by Crippen LogP contribution is -2.49. The molecule has 1 aliphatic rings. The van der Waals surface area contributed by atoms with Gasteiger partial charge in [-0.1, -0.05) is 31.0 Å². The monoisotopic (exact) mass is 372 g/mol. The van der Waals surface area contributed by atoms with Gasteiger partial charge in [-0.3, -0.25) is 9.79 Å². The average molecular weight is 373 g/mol. The normalized spacial score (nSPS) is 16.7. The maximum Gasteiger partial charge on any atom is 0.230 e. The van der Waals surface area contributed by atoms with Gasteiger partial charge in [0, 0.05) is 38.9 Å². The summed E-state index contributed by atoms with van der Waals surface area (Å²) in [6.45, 7) is 1.35. The predicted octanol–water partition coefficient (Wildman–Crippen LogP) is 3.21. The van der Waals surface area contributed by atoms with E-state index >= 15 is 0 Å². The van der Waals surface area contributed by atoms with Gasteiger partial charge in [0.15, 0.2) is 5.96 Å². The summed E-state index contributed by atoms with van der Waals surface area (Å²) in [7, 11) is 5.46. The lowest BCUT2D eigenvalue weighted by atomic mass is 9.84. The van der Waals surface area contributed by atoms with Crippen molar-refractivity contribution in [2.45, 2.75) is 32.2 Å². The number of thiophene rings is 1. The van der Waals surface area contributed by atoms with E-state index in [1.165, 1.54) is 15.6 Å². The smallest absolute Gasteiger partial charge is 0.230 e. The molecule has 1 heterocycles. The molecule has 1 amide bonds. The summed E-state index contributed by atoms with van der Waals surface area (Å²) in [6, 6.07) is 8.44. The van der Waals surface area contributed by atoms with E-state index in [9.17, 15) is 4.79 Å². The molecule has 3 rings (SSSR count). The zero-order valence-electron chi connectivity index (χ0n) is 15.8. The van der Waals surface area contributed by atoms with Gasteiger partial charge < -0.3 is 15.5 Å². The van der Waals surface area contributed by atoms with Crippen molar-refractivity contribution in [3.8, 4) is 0 Å². The molecule has 6 heteroatoms. The molecular formula is C20H28N4OS. The number of rotatable bonds is 5. The van der Waals surface area contributed by atoms with E-state index in [2.05, 4.69) is 45.3 Å². The molecule has 2 aromatic rings. The molecule has 5 nitrogen and oxygen atoms in total. The third-order valence-corrected chi connectivity index (χ3v) is 6.26. The molecule has 0 aliphatic heterocycles. The Kier molecular flexibility index (Phi) is 5.81. The van der Waals surface area contributed by atoms with Gasteiger partial charge in [-0.15, -0.1) is 11.3 Å². The highest BCUT2D eigenvalue weighted by atomic mass is 32.1. The quantitative estimate of drug-likeness (QED) is 0.626. The van der Waals surface area contributed by atoms with Gasteiger partial charge in [0.25, 0.3) is 0 Å². The van der Waals surface area contributed by atoms with Crippen molar-refractivity contribution in [1.29, 1.82) is 0 Å². The molecule has 0 unspecified atom stereocenters. The molecule has 1 aromatic heterocycles. The number of nitrogens with one attached hydrogen (secondary N) is 2. The number of benzene rings is 1. The van der Waals surface area contributed by atoms with E-state index in [0.717, 1.165) is 38.2 Å². The topological polar surface area (TPSA) is 56.7 Å². The van der Waals surface area contributed by atoms with Crippen LogP contribution in [0.4, 0.5) is 0 Å². The Balaban J connectivity index is 1.62. The maximum absolute atomic E-state index is 12.7. The van der Waals surface area contributed by atoms with Crippen LogP contribution in [0.1, 0.15) is 31.2 Å². The number of hydrogen-bond acceptors (Lipinski definition) is 3. The van der Waals surface area contributed by atoms with Crippen molar-refractivity contribution >= 4 is 33.3 Å². The second-order valence-corrected chi connectivity index (χ2v) is 8.13. The van der Waals surface area contributed by atoms with E-state index < -0.39 is 0 Å². The Bertz CT molecular complexity index is 790. The van der Waals surface area contributed by atoms with E-state index in [0.29, 0.717) is 6.54 Å². The van der Waals surface area contributed by atoms with Crippen LogP contribution in [0, 0.1) is 5.41 Å². The molecule has 0 atom stereocenters. The van der Waals surface area contributed by atoms with Crippen LogP contribution in [0.2, 0.25) is 0 Å². The van der Waals surface area contributed by atoms with Crippen LogP contribution in [0.25, 0.3) is 10.1 Å². The molecule has 2 N–H and O–H groups in total. The van der Waals surface area contributed by atoms with Gasteiger partial charge in [0.2, 0.25) is 5.91 Å². The largest absolute Gasteiger partial charge is 0.355 e. The van der Waals surface area contributed by atoms with Gasteiger partial charge in [-0.25, -0.2) is 0 Å². The second kappa shape index (κ2) is 8.08. The number of hydrogen-bond donors (Lipinski definition) is 2. The van der Waals surface area contributed by atoms with E-state index in [1.807, 2.05) is 14.1 Å². The highest BCUT2D eigenvalue weighted by Gasteiger charge is 2.42. The first-order chi connectivity index (χ1) is 12.6. The van der Waals surface area contributed by atoms with Gasteiger partial charge in [0.05, 0.1) is 5.41 Å². The number of fused-ring (bicyclic) bond motifs is 1. The van der Waals surface area contributed by atoms with Crippen LogP contribution in [-0.2, 0) is 11.3 Å². The van der Waals surface area contributed by atoms with E-state index in [-0.39, 0.29) is 11.3 Å². The van der Waals surface area contributed by atoms with Gasteiger partial charge in [0.1, 0.15) is 0 Å². The highest BCUT2D eigenvalue weighted by Crippen LogP contribution is 2.38. The van der Waals surface area contributed by atoms with Crippen LogP contribution in [0.5, 0.6) is 0 Å². The minimum absolute atomic E-state index is 0.224. The molecule has 1 fully saturated rings. The third-order valence-electron chi connectivity index (χ3n) is 5.25. The molecule has 140 valence electrons.